The highest BCUT2D eigenvalue weighted by Crippen LogP contribution is 2.28. The van der Waals surface area contributed by atoms with Crippen LogP contribution in [0.25, 0.3) is 0 Å². The Morgan fingerprint density at radius 2 is 2.35 bits per heavy atom. The highest BCUT2D eigenvalue weighted by atomic mass is 79.9. The minimum Gasteiger partial charge on any atom is -0.598 e. The van der Waals surface area contributed by atoms with Gasteiger partial charge in [0.15, 0.2) is 0 Å². The summed E-state index contributed by atoms with van der Waals surface area (Å²) in [7, 11) is 0. The number of aromatic nitrogens is 1. The zero-order valence-electron chi connectivity index (χ0n) is 9.54. The molecule has 0 aromatic carbocycles. The summed E-state index contributed by atoms with van der Waals surface area (Å²) in [6, 6.07) is 1.57. The molecular weight excluding hydrogens is 311 g/mol. The van der Waals surface area contributed by atoms with Crippen molar-refractivity contribution in [3.63, 3.8) is 0 Å². The highest BCUT2D eigenvalue weighted by Gasteiger charge is 2.33. The van der Waals surface area contributed by atoms with E-state index in [2.05, 4.69) is 25.6 Å². The Morgan fingerprint density at radius 1 is 1.71 bits per heavy atom. The molecule has 7 heteroatoms. The van der Waals surface area contributed by atoms with Crippen molar-refractivity contribution >= 4 is 27.3 Å². The number of nitrogens with one attached hydrogen (secondary N) is 1. The van der Waals surface area contributed by atoms with E-state index in [1.54, 1.807) is 13.0 Å². The van der Waals surface area contributed by atoms with E-state index in [0.29, 0.717) is 4.47 Å². The molecule has 2 atom stereocenters. The third-order valence-corrected chi connectivity index (χ3v) is 3.55. The van der Waals surface area contributed by atoms with Crippen LogP contribution in [0.2, 0.25) is 0 Å². The van der Waals surface area contributed by atoms with Crippen molar-refractivity contribution in [3.8, 4) is 0 Å². The molecule has 2 N–H and O–H groups in total. The Balaban J connectivity index is 3.16. The molecule has 0 radical (unpaired) electrons. The second kappa shape index (κ2) is 6.10. The van der Waals surface area contributed by atoms with E-state index in [1.807, 2.05) is 0 Å². The smallest absolute Gasteiger partial charge is 0.218 e. The van der Waals surface area contributed by atoms with E-state index in [4.69, 9.17) is 5.11 Å². The standard InChI is InChI=1S/C10H14BrFN2O2S/c1-10(3-4-15,14-17(2)16)8-5-7(11)6-13-9(8)12/h5-6,14-15H,3-4H2,1-2H3/t10-,17?/m0/s1. The van der Waals surface area contributed by atoms with Gasteiger partial charge in [-0.2, -0.15) is 4.39 Å². The Morgan fingerprint density at radius 3 is 2.88 bits per heavy atom. The third kappa shape index (κ3) is 3.89. The molecular formula is C10H14BrFN2O2S. The normalized spacial score (nSPS) is 16.6. The molecule has 0 amide bonds. The summed E-state index contributed by atoms with van der Waals surface area (Å²) in [5, 5.41) is 9.04. The molecule has 1 aromatic rings. The average Bonchev–Trinajstić information content (AvgIpc) is 2.20. The number of halogens is 2. The fraction of sp³-hybridized carbons (Fsp3) is 0.500. The van der Waals surface area contributed by atoms with Gasteiger partial charge in [0.25, 0.3) is 0 Å². The van der Waals surface area contributed by atoms with E-state index < -0.39 is 22.8 Å². The average molecular weight is 325 g/mol. The first kappa shape index (κ1) is 14.8. The number of rotatable bonds is 5. The van der Waals surface area contributed by atoms with Crippen LogP contribution in [-0.4, -0.2) is 27.5 Å². The SMILES string of the molecule is C[S+]([O-])N[C@@](C)(CCO)c1cc(Br)cnc1F. The maximum absolute atomic E-state index is 13.7. The molecule has 1 unspecified atom stereocenters. The van der Waals surface area contributed by atoms with Crippen molar-refractivity contribution < 1.29 is 14.0 Å². The molecule has 0 aliphatic rings. The van der Waals surface area contributed by atoms with Gasteiger partial charge in [-0.05, 0) is 35.3 Å². The second-order valence-electron chi connectivity index (χ2n) is 3.85. The van der Waals surface area contributed by atoms with E-state index in [-0.39, 0.29) is 18.6 Å². The van der Waals surface area contributed by atoms with Crippen molar-refractivity contribution in [3.05, 3.63) is 28.2 Å². The predicted octanol–water partition coefficient (Wildman–Crippen LogP) is 1.46. The lowest BCUT2D eigenvalue weighted by atomic mass is 9.91. The van der Waals surface area contributed by atoms with Gasteiger partial charge in [-0.1, -0.05) is 0 Å². The summed E-state index contributed by atoms with van der Waals surface area (Å²) in [4.78, 5) is 3.60. The Kier molecular flexibility index (Phi) is 5.33. The minimum absolute atomic E-state index is 0.146. The third-order valence-electron chi connectivity index (χ3n) is 2.38. The molecule has 0 spiro atoms. The summed E-state index contributed by atoms with van der Waals surface area (Å²) in [5.74, 6) is -0.637. The second-order valence-corrected chi connectivity index (χ2v) is 5.88. The monoisotopic (exact) mass is 324 g/mol. The lowest BCUT2D eigenvalue weighted by Crippen LogP contribution is -2.44. The van der Waals surface area contributed by atoms with Crippen LogP contribution in [-0.2, 0) is 16.9 Å². The van der Waals surface area contributed by atoms with Crippen LogP contribution in [0.1, 0.15) is 18.9 Å². The first-order chi connectivity index (χ1) is 7.89. The number of aliphatic hydroxyl groups excluding tert-OH is 1. The van der Waals surface area contributed by atoms with Gasteiger partial charge in [0, 0.05) is 34.2 Å². The van der Waals surface area contributed by atoms with Crippen molar-refractivity contribution in [1.82, 2.24) is 9.71 Å². The molecule has 1 heterocycles. The summed E-state index contributed by atoms with van der Waals surface area (Å²) >= 11 is 1.89. The predicted molar refractivity (Wildman–Crippen MR) is 68.2 cm³/mol. The fourth-order valence-corrected chi connectivity index (χ4v) is 2.77. The lowest BCUT2D eigenvalue weighted by molar-refractivity contribution is 0.234. The molecule has 1 rings (SSSR count). The number of hydrogen-bond acceptors (Lipinski definition) is 4. The summed E-state index contributed by atoms with van der Waals surface area (Å²) < 4.78 is 28.3. The molecule has 1 aromatic heterocycles. The van der Waals surface area contributed by atoms with Gasteiger partial charge < -0.3 is 9.66 Å². The van der Waals surface area contributed by atoms with E-state index in [0.717, 1.165) is 0 Å². The van der Waals surface area contributed by atoms with E-state index >= 15 is 0 Å². The molecule has 0 saturated heterocycles. The number of hydrogen-bond donors (Lipinski definition) is 2. The van der Waals surface area contributed by atoms with Gasteiger partial charge in [0.2, 0.25) is 5.95 Å². The molecule has 0 aliphatic heterocycles. The number of pyridine rings is 1. The van der Waals surface area contributed by atoms with Gasteiger partial charge in [-0.15, -0.1) is 4.72 Å². The molecule has 0 bridgehead atoms. The van der Waals surface area contributed by atoms with Crippen LogP contribution in [0.15, 0.2) is 16.7 Å². The molecule has 17 heavy (non-hydrogen) atoms. The van der Waals surface area contributed by atoms with Crippen LogP contribution in [0.4, 0.5) is 4.39 Å². The first-order valence-electron chi connectivity index (χ1n) is 4.92. The largest absolute Gasteiger partial charge is 0.598 e. The Labute approximate surface area is 111 Å². The summed E-state index contributed by atoms with van der Waals surface area (Å²) in [6.07, 6.45) is 3.04. The van der Waals surface area contributed by atoms with Crippen LogP contribution in [0, 0.1) is 5.95 Å². The van der Waals surface area contributed by atoms with Gasteiger partial charge in [-0.25, -0.2) is 4.98 Å². The molecule has 0 fully saturated rings. The maximum Gasteiger partial charge on any atom is 0.218 e. The Bertz CT molecular complexity index is 395. The van der Waals surface area contributed by atoms with Gasteiger partial charge in [0.05, 0.1) is 5.54 Å². The zero-order chi connectivity index (χ0) is 13.1. The summed E-state index contributed by atoms with van der Waals surface area (Å²) in [6.45, 7) is 1.53. The van der Waals surface area contributed by atoms with E-state index in [9.17, 15) is 8.94 Å². The molecule has 4 nitrogen and oxygen atoms in total. The number of nitrogens with zero attached hydrogens (tertiary/aromatic N) is 1. The van der Waals surface area contributed by atoms with Gasteiger partial charge in [0.1, 0.15) is 6.26 Å². The summed E-state index contributed by atoms with van der Waals surface area (Å²) in [5.41, 5.74) is -0.647. The Hall–Kier alpha value is -0.210. The number of aliphatic hydroxyl groups is 1. The lowest BCUT2D eigenvalue weighted by Gasteiger charge is -2.29. The minimum atomic E-state index is -1.32. The highest BCUT2D eigenvalue weighted by molar-refractivity contribution is 9.10. The fourth-order valence-electron chi connectivity index (χ4n) is 1.59. The zero-order valence-corrected chi connectivity index (χ0v) is 11.9. The molecule has 96 valence electrons. The van der Waals surface area contributed by atoms with E-state index in [1.165, 1.54) is 12.5 Å². The van der Waals surface area contributed by atoms with Crippen molar-refractivity contribution in [2.24, 2.45) is 0 Å². The van der Waals surface area contributed by atoms with Crippen LogP contribution >= 0.6 is 15.9 Å². The topological polar surface area (TPSA) is 68.2 Å². The molecule has 0 saturated carbocycles. The maximum atomic E-state index is 13.7. The van der Waals surface area contributed by atoms with Crippen molar-refractivity contribution in [2.45, 2.75) is 18.9 Å². The van der Waals surface area contributed by atoms with Crippen LogP contribution in [0.3, 0.4) is 0 Å². The first-order valence-corrected chi connectivity index (χ1v) is 7.28. The van der Waals surface area contributed by atoms with Crippen LogP contribution in [0.5, 0.6) is 0 Å². The van der Waals surface area contributed by atoms with Crippen LogP contribution < -0.4 is 4.72 Å². The van der Waals surface area contributed by atoms with Crippen molar-refractivity contribution in [2.75, 3.05) is 12.9 Å². The van der Waals surface area contributed by atoms with Gasteiger partial charge in [-0.3, -0.25) is 0 Å². The van der Waals surface area contributed by atoms with Gasteiger partial charge >= 0.3 is 0 Å². The quantitative estimate of drug-likeness (QED) is 0.635. The molecule has 0 aliphatic carbocycles. The van der Waals surface area contributed by atoms with Crippen molar-refractivity contribution in [1.29, 1.82) is 0 Å².